The maximum atomic E-state index is 11.8. The highest BCUT2D eigenvalue weighted by Crippen LogP contribution is 2.34. The number of carboxylic acid groups (broad SMARTS) is 6. The molecule has 0 saturated carbocycles. The molecule has 0 atom stereocenters. The van der Waals surface area contributed by atoms with Gasteiger partial charge >= 0.3 is 35.8 Å². The summed E-state index contributed by atoms with van der Waals surface area (Å²) in [6.07, 6.45) is 0. The molecule has 0 heterocycles. The van der Waals surface area contributed by atoms with Gasteiger partial charge in [0.1, 0.15) is 0 Å². The van der Waals surface area contributed by atoms with Crippen LogP contribution < -0.4 is 0 Å². The van der Waals surface area contributed by atoms with Crippen molar-refractivity contribution in [1.82, 2.24) is 0 Å². The molecule has 2 aromatic rings. The maximum Gasteiger partial charge on any atom is 0.337 e. The van der Waals surface area contributed by atoms with Gasteiger partial charge in [0.25, 0.3) is 0 Å². The van der Waals surface area contributed by atoms with Crippen LogP contribution in [0.4, 0.5) is 0 Å². The van der Waals surface area contributed by atoms with E-state index in [1.807, 2.05) is 0 Å². The number of carboxylic acids is 6. The van der Waals surface area contributed by atoms with Crippen LogP contribution in [0.5, 0.6) is 0 Å². The summed E-state index contributed by atoms with van der Waals surface area (Å²) in [7, 11) is 0. The Hall–Kier alpha value is -4.74. The van der Waals surface area contributed by atoms with E-state index in [9.17, 15) is 49.2 Å². The molecule has 2 rings (SSSR count). The van der Waals surface area contributed by atoms with Crippen molar-refractivity contribution in [3.8, 4) is 11.1 Å². The van der Waals surface area contributed by atoms with Gasteiger partial charge in [-0.2, -0.15) is 0 Å². The minimum Gasteiger partial charge on any atom is -0.478 e. The van der Waals surface area contributed by atoms with Gasteiger partial charge in [0.15, 0.2) is 0 Å². The molecule has 0 aliphatic carbocycles. The lowest BCUT2D eigenvalue weighted by molar-refractivity contribution is 0.0631. The molecule has 30 heavy (non-hydrogen) atoms. The zero-order valence-electron chi connectivity index (χ0n) is 14.4. The Morgan fingerprint density at radius 1 is 0.400 bits per heavy atom. The van der Waals surface area contributed by atoms with Crippen LogP contribution in [0.25, 0.3) is 11.1 Å². The van der Waals surface area contributed by atoms with Crippen LogP contribution in [-0.4, -0.2) is 66.5 Å². The highest BCUT2D eigenvalue weighted by atomic mass is 16.4. The predicted octanol–water partition coefficient (Wildman–Crippen LogP) is 1.54. The van der Waals surface area contributed by atoms with Crippen molar-refractivity contribution in [3.63, 3.8) is 0 Å². The van der Waals surface area contributed by atoms with Crippen LogP contribution >= 0.6 is 0 Å². The van der Waals surface area contributed by atoms with Crippen LogP contribution in [-0.2, 0) is 0 Å². The lowest BCUT2D eigenvalue weighted by Crippen LogP contribution is -2.19. The second kappa shape index (κ2) is 7.71. The highest BCUT2D eigenvalue weighted by molar-refractivity contribution is 6.16. The first-order chi connectivity index (χ1) is 13.9. The molecule has 0 fully saturated rings. The Morgan fingerprint density at radius 2 is 0.667 bits per heavy atom. The third-order valence-electron chi connectivity index (χ3n) is 4.02. The van der Waals surface area contributed by atoms with Gasteiger partial charge in [-0.3, -0.25) is 0 Å². The molecule has 0 aromatic heterocycles. The normalized spacial score (nSPS) is 10.3. The van der Waals surface area contributed by atoms with Crippen molar-refractivity contribution in [2.45, 2.75) is 0 Å². The molecule has 6 N–H and O–H groups in total. The molecule has 0 saturated heterocycles. The van der Waals surface area contributed by atoms with Crippen LogP contribution in [0.15, 0.2) is 24.3 Å². The molecular weight excluding hydrogens is 408 g/mol. The summed E-state index contributed by atoms with van der Waals surface area (Å²) in [5, 5.41) is 56.0. The third kappa shape index (κ3) is 3.52. The van der Waals surface area contributed by atoms with Crippen molar-refractivity contribution in [2.75, 3.05) is 0 Å². The molecule has 0 aliphatic heterocycles. The minimum atomic E-state index is -1.94. The van der Waals surface area contributed by atoms with E-state index >= 15 is 0 Å². The second-order valence-electron chi connectivity index (χ2n) is 5.65. The molecular formula is C18H10O12. The number of hydrogen-bond donors (Lipinski definition) is 6. The summed E-state index contributed by atoms with van der Waals surface area (Å²) in [6, 6.07) is 3.02. The molecule has 0 radical (unpaired) electrons. The lowest BCUT2D eigenvalue weighted by atomic mass is 9.86. The van der Waals surface area contributed by atoms with E-state index in [4.69, 9.17) is 10.2 Å². The van der Waals surface area contributed by atoms with Gasteiger partial charge in [-0.15, -0.1) is 0 Å². The number of aromatic carboxylic acids is 6. The Balaban J connectivity index is 3.12. The molecule has 0 unspecified atom stereocenters. The molecule has 12 heteroatoms. The monoisotopic (exact) mass is 418 g/mol. The first-order valence-electron chi connectivity index (χ1n) is 7.64. The number of rotatable bonds is 7. The van der Waals surface area contributed by atoms with E-state index in [0.717, 1.165) is 12.1 Å². The Kier molecular flexibility index (Phi) is 5.54. The third-order valence-corrected chi connectivity index (χ3v) is 4.02. The fourth-order valence-electron chi connectivity index (χ4n) is 2.90. The Labute approximate surface area is 164 Å². The highest BCUT2D eigenvalue weighted by Gasteiger charge is 2.32. The average Bonchev–Trinajstić information content (AvgIpc) is 2.64. The van der Waals surface area contributed by atoms with E-state index in [0.29, 0.717) is 12.1 Å². The average molecular weight is 418 g/mol. The van der Waals surface area contributed by atoms with Crippen LogP contribution in [0.3, 0.4) is 0 Å². The zero-order valence-corrected chi connectivity index (χ0v) is 14.4. The van der Waals surface area contributed by atoms with Crippen LogP contribution in [0.2, 0.25) is 0 Å². The first-order valence-corrected chi connectivity index (χ1v) is 7.64. The predicted molar refractivity (Wildman–Crippen MR) is 93.6 cm³/mol. The van der Waals surface area contributed by atoms with Gasteiger partial charge in [-0.05, 0) is 23.3 Å². The number of carbonyl (C=O) groups is 6. The SMILES string of the molecule is O=C(O)c1ccc(-c2ccc(C(=O)O)c(C(=O)O)c2C(=O)O)c(C(=O)O)c1C(=O)O. The summed E-state index contributed by atoms with van der Waals surface area (Å²) >= 11 is 0. The molecule has 12 nitrogen and oxygen atoms in total. The Morgan fingerprint density at radius 3 is 0.867 bits per heavy atom. The van der Waals surface area contributed by atoms with Crippen molar-refractivity contribution >= 4 is 35.8 Å². The zero-order chi connectivity index (χ0) is 22.9. The van der Waals surface area contributed by atoms with Gasteiger partial charge in [-0.1, -0.05) is 12.1 Å². The smallest absolute Gasteiger partial charge is 0.337 e. The maximum absolute atomic E-state index is 11.8. The van der Waals surface area contributed by atoms with Crippen molar-refractivity contribution in [3.05, 3.63) is 57.6 Å². The first kappa shape index (κ1) is 21.6. The van der Waals surface area contributed by atoms with Crippen molar-refractivity contribution in [1.29, 1.82) is 0 Å². The van der Waals surface area contributed by atoms with Gasteiger partial charge in [0, 0.05) is 0 Å². The summed E-state index contributed by atoms with van der Waals surface area (Å²) in [4.78, 5) is 69.2. The molecule has 0 bridgehead atoms. The minimum absolute atomic E-state index is 0.623. The van der Waals surface area contributed by atoms with Gasteiger partial charge in [-0.25, -0.2) is 28.8 Å². The molecule has 2 aromatic carbocycles. The molecule has 154 valence electrons. The van der Waals surface area contributed by atoms with E-state index in [-0.39, 0.29) is 0 Å². The van der Waals surface area contributed by atoms with E-state index in [1.165, 1.54) is 0 Å². The molecule has 0 spiro atoms. The fraction of sp³-hybridized carbons (Fsp3) is 0. The van der Waals surface area contributed by atoms with Gasteiger partial charge in [0.05, 0.1) is 33.4 Å². The summed E-state index contributed by atoms with van der Waals surface area (Å²) in [5.74, 6) is -11.3. The fourth-order valence-corrected chi connectivity index (χ4v) is 2.90. The molecule has 0 aliphatic rings. The Bertz CT molecular complexity index is 1070. The standard InChI is InChI=1S/C18H10O12/c19-13(20)7-3-1-5(9(15(23)24)11(7)17(27)28)6-2-4-8(14(21)22)12(18(29)30)10(6)16(25)26/h1-4H,(H,19,20)(H,21,22)(H,23,24)(H,25,26)(H,27,28)(H,29,30). The topological polar surface area (TPSA) is 224 Å². The van der Waals surface area contributed by atoms with Crippen LogP contribution in [0.1, 0.15) is 62.1 Å². The van der Waals surface area contributed by atoms with Crippen LogP contribution in [0, 0.1) is 0 Å². The lowest BCUT2D eigenvalue weighted by Gasteiger charge is -2.16. The van der Waals surface area contributed by atoms with E-state index in [2.05, 4.69) is 0 Å². The van der Waals surface area contributed by atoms with E-state index < -0.39 is 80.3 Å². The summed E-state index contributed by atoms with van der Waals surface area (Å²) in [6.45, 7) is 0. The van der Waals surface area contributed by atoms with Crippen molar-refractivity contribution < 1.29 is 59.4 Å². The van der Waals surface area contributed by atoms with E-state index in [1.54, 1.807) is 0 Å². The summed E-state index contributed by atoms with van der Waals surface area (Å²) < 4.78 is 0. The van der Waals surface area contributed by atoms with Gasteiger partial charge < -0.3 is 30.6 Å². The molecule has 0 amide bonds. The second-order valence-corrected chi connectivity index (χ2v) is 5.65. The van der Waals surface area contributed by atoms with Crippen molar-refractivity contribution in [2.24, 2.45) is 0 Å². The number of hydrogen-bond acceptors (Lipinski definition) is 6. The largest absolute Gasteiger partial charge is 0.478 e. The quantitative estimate of drug-likeness (QED) is 0.376. The summed E-state index contributed by atoms with van der Waals surface area (Å²) in [5.41, 5.74) is -7.59. The number of benzene rings is 2. The van der Waals surface area contributed by atoms with Gasteiger partial charge in [0.2, 0.25) is 0 Å².